The summed E-state index contributed by atoms with van der Waals surface area (Å²) in [6, 6.07) is 7.74. The molecule has 0 atom stereocenters. The van der Waals surface area contributed by atoms with Gasteiger partial charge in [0.15, 0.2) is 6.61 Å². The number of thiophene rings is 1. The maximum atomic E-state index is 12.2. The number of amides is 1. The van der Waals surface area contributed by atoms with Gasteiger partial charge in [0.2, 0.25) is 0 Å². The molecular weight excluding hydrogens is 354 g/mol. The SMILES string of the molecule is N#Cc1c(NC(=O)COc2ccc([N+](=O)[O-])cc2)sc2c1CCCCC2. The van der Waals surface area contributed by atoms with E-state index in [1.807, 2.05) is 0 Å². The Morgan fingerprint density at radius 1 is 1.27 bits per heavy atom. The zero-order valence-electron chi connectivity index (χ0n) is 14.0. The lowest BCUT2D eigenvalue weighted by Gasteiger charge is -2.06. The van der Waals surface area contributed by atoms with Crippen LogP contribution in [0.4, 0.5) is 10.7 Å². The van der Waals surface area contributed by atoms with Crippen molar-refractivity contribution in [1.29, 1.82) is 5.26 Å². The van der Waals surface area contributed by atoms with Gasteiger partial charge >= 0.3 is 0 Å². The van der Waals surface area contributed by atoms with Crippen LogP contribution < -0.4 is 10.1 Å². The number of hydrogen-bond donors (Lipinski definition) is 1. The van der Waals surface area contributed by atoms with Crippen molar-refractivity contribution in [3.63, 3.8) is 0 Å². The molecule has 1 amide bonds. The quantitative estimate of drug-likeness (QED) is 0.489. The fourth-order valence-electron chi connectivity index (χ4n) is 2.92. The van der Waals surface area contributed by atoms with Crippen LogP contribution in [-0.4, -0.2) is 17.4 Å². The number of rotatable bonds is 5. The number of non-ortho nitro benzene ring substituents is 1. The summed E-state index contributed by atoms with van der Waals surface area (Å²) in [5, 5.41) is 23.4. The predicted octanol–water partition coefficient (Wildman–Crippen LogP) is 3.81. The van der Waals surface area contributed by atoms with Crippen molar-refractivity contribution in [2.24, 2.45) is 0 Å². The van der Waals surface area contributed by atoms with Crippen molar-refractivity contribution >= 4 is 27.9 Å². The third-order valence-corrected chi connectivity index (χ3v) is 5.41. The molecule has 134 valence electrons. The lowest BCUT2D eigenvalue weighted by atomic mass is 10.1. The van der Waals surface area contributed by atoms with E-state index in [1.54, 1.807) is 0 Å². The number of nitro benzene ring substituents is 1. The fraction of sp³-hybridized carbons (Fsp3) is 0.333. The Kier molecular flexibility index (Phi) is 5.49. The monoisotopic (exact) mass is 371 g/mol. The number of nitro groups is 1. The number of nitriles is 1. The molecule has 0 radical (unpaired) electrons. The van der Waals surface area contributed by atoms with E-state index >= 15 is 0 Å². The number of carbonyl (C=O) groups is 1. The van der Waals surface area contributed by atoms with Gasteiger partial charge in [-0.1, -0.05) is 6.42 Å². The molecule has 8 heteroatoms. The van der Waals surface area contributed by atoms with Crippen molar-refractivity contribution in [2.75, 3.05) is 11.9 Å². The number of ether oxygens (including phenoxy) is 1. The van der Waals surface area contributed by atoms with Gasteiger partial charge in [0.25, 0.3) is 11.6 Å². The Bertz CT molecular complexity index is 868. The molecule has 7 nitrogen and oxygen atoms in total. The number of benzene rings is 1. The predicted molar refractivity (Wildman–Crippen MR) is 97.5 cm³/mol. The maximum absolute atomic E-state index is 12.2. The normalized spacial score (nSPS) is 13.2. The Hall–Kier alpha value is -2.92. The summed E-state index contributed by atoms with van der Waals surface area (Å²) in [5.74, 6) is 0.00415. The first-order valence-corrected chi connectivity index (χ1v) is 9.12. The van der Waals surface area contributed by atoms with Crippen LogP contribution in [0.15, 0.2) is 24.3 Å². The minimum Gasteiger partial charge on any atom is -0.484 e. The van der Waals surface area contributed by atoms with Gasteiger partial charge in [-0.2, -0.15) is 5.26 Å². The molecule has 0 saturated heterocycles. The van der Waals surface area contributed by atoms with E-state index in [0.717, 1.165) is 37.7 Å². The summed E-state index contributed by atoms with van der Waals surface area (Å²) in [4.78, 5) is 23.5. The highest BCUT2D eigenvalue weighted by Crippen LogP contribution is 2.36. The Labute approximate surface area is 154 Å². The summed E-state index contributed by atoms with van der Waals surface area (Å²) >= 11 is 1.47. The molecule has 1 aliphatic rings. The average Bonchev–Trinajstić information content (AvgIpc) is 2.79. The molecule has 3 rings (SSSR count). The summed E-state index contributed by atoms with van der Waals surface area (Å²) in [6.45, 7) is -0.231. The van der Waals surface area contributed by atoms with Gasteiger partial charge in [0.05, 0.1) is 10.5 Å². The molecule has 0 spiro atoms. The van der Waals surface area contributed by atoms with E-state index in [-0.39, 0.29) is 18.2 Å². The average molecular weight is 371 g/mol. The van der Waals surface area contributed by atoms with E-state index in [0.29, 0.717) is 16.3 Å². The molecule has 2 aromatic rings. The zero-order chi connectivity index (χ0) is 18.5. The third-order valence-electron chi connectivity index (χ3n) is 4.20. The number of fused-ring (bicyclic) bond motifs is 1. The summed E-state index contributed by atoms with van der Waals surface area (Å²) in [5.41, 5.74) is 1.60. The first-order chi connectivity index (χ1) is 12.6. The molecular formula is C18H17N3O4S. The minimum absolute atomic E-state index is 0.0412. The zero-order valence-corrected chi connectivity index (χ0v) is 14.8. The van der Waals surface area contributed by atoms with Crippen molar-refractivity contribution in [2.45, 2.75) is 32.1 Å². The number of carbonyl (C=O) groups excluding carboxylic acids is 1. The molecule has 1 aliphatic carbocycles. The Morgan fingerprint density at radius 2 is 2.00 bits per heavy atom. The molecule has 0 saturated carbocycles. The Morgan fingerprint density at radius 3 is 2.69 bits per heavy atom. The Balaban J connectivity index is 1.63. The van der Waals surface area contributed by atoms with Crippen LogP contribution in [0.3, 0.4) is 0 Å². The van der Waals surface area contributed by atoms with Gasteiger partial charge in [-0.25, -0.2) is 0 Å². The minimum atomic E-state index is -0.499. The van der Waals surface area contributed by atoms with E-state index in [9.17, 15) is 20.2 Å². The van der Waals surface area contributed by atoms with Gasteiger partial charge in [0.1, 0.15) is 16.8 Å². The van der Waals surface area contributed by atoms with Crippen LogP contribution in [0.1, 0.15) is 35.3 Å². The second-order valence-electron chi connectivity index (χ2n) is 5.97. The second kappa shape index (κ2) is 7.97. The highest BCUT2D eigenvalue weighted by atomic mass is 32.1. The van der Waals surface area contributed by atoms with Crippen LogP contribution in [0.2, 0.25) is 0 Å². The van der Waals surface area contributed by atoms with Gasteiger partial charge in [-0.05, 0) is 43.4 Å². The van der Waals surface area contributed by atoms with Gasteiger partial charge in [-0.15, -0.1) is 11.3 Å². The number of nitrogens with one attached hydrogen (secondary N) is 1. The molecule has 1 aromatic heterocycles. The van der Waals surface area contributed by atoms with E-state index < -0.39 is 4.92 Å². The molecule has 1 N–H and O–H groups in total. The van der Waals surface area contributed by atoms with E-state index in [1.165, 1.54) is 40.5 Å². The topological polar surface area (TPSA) is 105 Å². The lowest BCUT2D eigenvalue weighted by Crippen LogP contribution is -2.20. The van der Waals surface area contributed by atoms with Crippen molar-refractivity contribution in [1.82, 2.24) is 0 Å². The van der Waals surface area contributed by atoms with Gasteiger partial charge in [-0.3, -0.25) is 14.9 Å². The molecule has 0 fully saturated rings. The van der Waals surface area contributed by atoms with Crippen molar-refractivity contribution in [3.05, 3.63) is 50.4 Å². The standard InChI is InChI=1S/C18H17N3O4S/c19-10-15-14-4-2-1-3-5-16(14)26-18(15)20-17(22)11-25-13-8-6-12(7-9-13)21(23)24/h6-9H,1-5,11H2,(H,20,22). The first kappa shape index (κ1) is 17.9. The highest BCUT2D eigenvalue weighted by molar-refractivity contribution is 7.16. The summed E-state index contributed by atoms with van der Waals surface area (Å²) in [7, 11) is 0. The van der Waals surface area contributed by atoms with Gasteiger partial charge in [0, 0.05) is 17.0 Å². The first-order valence-electron chi connectivity index (χ1n) is 8.30. The largest absolute Gasteiger partial charge is 0.484 e. The molecule has 0 aliphatic heterocycles. The van der Waals surface area contributed by atoms with Crippen LogP contribution in [-0.2, 0) is 17.6 Å². The van der Waals surface area contributed by atoms with Crippen LogP contribution in [0, 0.1) is 21.4 Å². The van der Waals surface area contributed by atoms with E-state index in [4.69, 9.17) is 4.74 Å². The van der Waals surface area contributed by atoms with Crippen LogP contribution >= 0.6 is 11.3 Å². The number of nitrogens with zero attached hydrogens (tertiary/aromatic N) is 2. The molecule has 1 heterocycles. The fourth-order valence-corrected chi connectivity index (χ4v) is 4.18. The number of anilines is 1. The van der Waals surface area contributed by atoms with Crippen LogP contribution in [0.5, 0.6) is 5.75 Å². The highest BCUT2D eigenvalue weighted by Gasteiger charge is 2.21. The number of aryl methyl sites for hydroxylation is 1. The lowest BCUT2D eigenvalue weighted by molar-refractivity contribution is -0.384. The number of hydrogen-bond acceptors (Lipinski definition) is 6. The van der Waals surface area contributed by atoms with Crippen LogP contribution in [0.25, 0.3) is 0 Å². The maximum Gasteiger partial charge on any atom is 0.269 e. The van der Waals surface area contributed by atoms with E-state index in [2.05, 4.69) is 11.4 Å². The third kappa shape index (κ3) is 4.00. The van der Waals surface area contributed by atoms with Crippen molar-refractivity contribution in [3.8, 4) is 11.8 Å². The molecule has 1 aromatic carbocycles. The smallest absolute Gasteiger partial charge is 0.269 e. The molecule has 0 unspecified atom stereocenters. The summed E-state index contributed by atoms with van der Waals surface area (Å²) < 4.78 is 5.36. The second-order valence-corrected chi connectivity index (χ2v) is 7.07. The molecule has 26 heavy (non-hydrogen) atoms. The molecule has 0 bridgehead atoms. The summed E-state index contributed by atoms with van der Waals surface area (Å²) in [6.07, 6.45) is 5.16. The van der Waals surface area contributed by atoms with Gasteiger partial charge < -0.3 is 10.1 Å². The van der Waals surface area contributed by atoms with Crippen molar-refractivity contribution < 1.29 is 14.5 Å².